The number of aromatic nitrogens is 3. The molecule has 1 fully saturated rings. The van der Waals surface area contributed by atoms with Crippen molar-refractivity contribution in [2.24, 2.45) is 11.1 Å². The second-order valence-electron chi connectivity index (χ2n) is 5.03. The van der Waals surface area contributed by atoms with E-state index in [0.717, 1.165) is 43.5 Å². The van der Waals surface area contributed by atoms with Crippen LogP contribution in [0.1, 0.15) is 44.5 Å². The van der Waals surface area contributed by atoms with E-state index < -0.39 is 5.41 Å². The maximum atomic E-state index is 12.2. The normalized spacial score (nSPS) is 16.8. The van der Waals surface area contributed by atoms with Crippen molar-refractivity contribution in [1.29, 1.82) is 0 Å². The van der Waals surface area contributed by atoms with Gasteiger partial charge in [-0.1, -0.05) is 20.3 Å². The lowest BCUT2D eigenvalue weighted by Crippen LogP contribution is -2.47. The molecule has 0 aliphatic heterocycles. The summed E-state index contributed by atoms with van der Waals surface area (Å²) in [4.78, 5) is 16.6. The largest absolute Gasteiger partial charge is 0.329 e. The van der Waals surface area contributed by atoms with Crippen LogP contribution in [0.15, 0.2) is 0 Å². The van der Waals surface area contributed by atoms with Crippen molar-refractivity contribution >= 4 is 11.9 Å². The first kappa shape index (κ1) is 13.9. The number of rotatable bonds is 5. The average molecular weight is 263 g/mol. The molecule has 6 nitrogen and oxygen atoms in total. The van der Waals surface area contributed by atoms with E-state index in [1.54, 1.807) is 0 Å². The number of carbonyl (C=O) groups is 1. The molecule has 0 unspecified atom stereocenters. The standard InChI is InChI=1S/C13H21N5O/c1-3-9-10(4-2)17-18-12(15-9)16-11(19)13(8-14)6-5-7-13/h3-8,14H2,1-2H3,(H,15,16,18,19). The number of amides is 1. The number of hydrogen-bond donors (Lipinski definition) is 2. The molecule has 104 valence electrons. The summed E-state index contributed by atoms with van der Waals surface area (Å²) in [7, 11) is 0. The first-order valence-corrected chi connectivity index (χ1v) is 6.89. The number of carbonyl (C=O) groups excluding carboxylic acids is 1. The van der Waals surface area contributed by atoms with E-state index in [1.807, 2.05) is 13.8 Å². The summed E-state index contributed by atoms with van der Waals surface area (Å²) in [5.74, 6) is 0.216. The van der Waals surface area contributed by atoms with Gasteiger partial charge in [0.1, 0.15) is 0 Å². The minimum absolute atomic E-state index is 0.0747. The first-order chi connectivity index (χ1) is 9.15. The molecule has 1 amide bonds. The number of hydrogen-bond acceptors (Lipinski definition) is 5. The van der Waals surface area contributed by atoms with Gasteiger partial charge in [-0.05, 0) is 25.7 Å². The zero-order valence-corrected chi connectivity index (χ0v) is 11.6. The Morgan fingerprint density at radius 3 is 2.42 bits per heavy atom. The fourth-order valence-electron chi connectivity index (χ4n) is 2.35. The smallest absolute Gasteiger partial charge is 0.249 e. The average Bonchev–Trinajstić information content (AvgIpc) is 2.38. The van der Waals surface area contributed by atoms with Gasteiger partial charge in [0.15, 0.2) is 0 Å². The van der Waals surface area contributed by atoms with Crippen LogP contribution >= 0.6 is 0 Å². The molecule has 2 rings (SSSR count). The van der Waals surface area contributed by atoms with Crippen molar-refractivity contribution in [2.45, 2.75) is 46.0 Å². The molecule has 1 heterocycles. The third-order valence-electron chi connectivity index (χ3n) is 3.92. The fraction of sp³-hybridized carbons (Fsp3) is 0.692. The highest BCUT2D eigenvalue weighted by molar-refractivity contribution is 5.94. The zero-order chi connectivity index (χ0) is 13.9. The van der Waals surface area contributed by atoms with E-state index in [2.05, 4.69) is 20.5 Å². The molecule has 0 atom stereocenters. The van der Waals surface area contributed by atoms with Crippen molar-refractivity contribution in [1.82, 2.24) is 15.2 Å². The van der Waals surface area contributed by atoms with Gasteiger partial charge < -0.3 is 5.73 Å². The summed E-state index contributed by atoms with van der Waals surface area (Å²) in [6, 6.07) is 0. The minimum Gasteiger partial charge on any atom is -0.329 e. The Morgan fingerprint density at radius 2 is 1.95 bits per heavy atom. The number of nitrogens with one attached hydrogen (secondary N) is 1. The van der Waals surface area contributed by atoms with Crippen LogP contribution in [0, 0.1) is 5.41 Å². The summed E-state index contributed by atoms with van der Waals surface area (Å²) in [5, 5.41) is 10.8. The quantitative estimate of drug-likeness (QED) is 0.828. The second kappa shape index (κ2) is 5.61. The molecule has 1 aliphatic rings. The van der Waals surface area contributed by atoms with Crippen LogP contribution in [-0.4, -0.2) is 27.6 Å². The SMILES string of the molecule is CCc1nnc(NC(=O)C2(CN)CCC2)nc1CC. The molecule has 0 radical (unpaired) electrons. The second-order valence-corrected chi connectivity index (χ2v) is 5.03. The number of nitrogens with zero attached hydrogens (tertiary/aromatic N) is 3. The van der Waals surface area contributed by atoms with Crippen LogP contribution in [0.2, 0.25) is 0 Å². The fourth-order valence-corrected chi connectivity index (χ4v) is 2.35. The van der Waals surface area contributed by atoms with Gasteiger partial charge in [0, 0.05) is 6.54 Å². The Bertz CT molecular complexity index is 465. The molecule has 0 aromatic carbocycles. The van der Waals surface area contributed by atoms with Crippen molar-refractivity contribution in [2.75, 3.05) is 11.9 Å². The Hall–Kier alpha value is -1.56. The van der Waals surface area contributed by atoms with E-state index in [0.29, 0.717) is 12.5 Å². The minimum atomic E-state index is -0.417. The number of anilines is 1. The third-order valence-corrected chi connectivity index (χ3v) is 3.92. The molecule has 3 N–H and O–H groups in total. The highest BCUT2D eigenvalue weighted by atomic mass is 16.2. The van der Waals surface area contributed by atoms with Crippen molar-refractivity contribution in [3.63, 3.8) is 0 Å². The van der Waals surface area contributed by atoms with Crippen LogP contribution in [0.3, 0.4) is 0 Å². The molecule has 6 heteroatoms. The van der Waals surface area contributed by atoms with E-state index in [4.69, 9.17) is 5.73 Å². The van der Waals surface area contributed by atoms with Crippen LogP contribution in [0.25, 0.3) is 0 Å². The summed E-state index contributed by atoms with van der Waals surface area (Å²) in [6.45, 7) is 4.41. The van der Waals surface area contributed by atoms with E-state index in [1.165, 1.54) is 0 Å². The summed E-state index contributed by atoms with van der Waals surface area (Å²) in [6.07, 6.45) is 4.32. The predicted octanol–water partition coefficient (Wildman–Crippen LogP) is 1.06. The van der Waals surface area contributed by atoms with Gasteiger partial charge in [-0.2, -0.15) is 0 Å². The highest BCUT2D eigenvalue weighted by Crippen LogP contribution is 2.40. The maximum absolute atomic E-state index is 12.2. The molecule has 1 saturated carbocycles. The van der Waals surface area contributed by atoms with E-state index >= 15 is 0 Å². The molecule has 0 bridgehead atoms. The van der Waals surface area contributed by atoms with Gasteiger partial charge in [-0.25, -0.2) is 4.98 Å². The van der Waals surface area contributed by atoms with Gasteiger partial charge in [0.05, 0.1) is 16.8 Å². The van der Waals surface area contributed by atoms with Gasteiger partial charge in [-0.15, -0.1) is 10.2 Å². The van der Waals surface area contributed by atoms with Crippen molar-refractivity contribution < 1.29 is 4.79 Å². The molecular formula is C13H21N5O. The van der Waals surface area contributed by atoms with Crippen molar-refractivity contribution in [3.05, 3.63) is 11.4 Å². The predicted molar refractivity (Wildman–Crippen MR) is 72.6 cm³/mol. The van der Waals surface area contributed by atoms with E-state index in [-0.39, 0.29) is 5.91 Å². The Balaban J connectivity index is 2.13. The summed E-state index contributed by atoms with van der Waals surface area (Å²) >= 11 is 0. The molecule has 1 aliphatic carbocycles. The van der Waals surface area contributed by atoms with Crippen LogP contribution in [0.4, 0.5) is 5.95 Å². The summed E-state index contributed by atoms with van der Waals surface area (Å²) in [5.41, 5.74) is 7.07. The molecular weight excluding hydrogens is 242 g/mol. The van der Waals surface area contributed by atoms with Crippen LogP contribution < -0.4 is 11.1 Å². The first-order valence-electron chi connectivity index (χ1n) is 6.89. The lowest BCUT2D eigenvalue weighted by Gasteiger charge is -2.38. The molecule has 1 aromatic heterocycles. The van der Waals surface area contributed by atoms with Crippen LogP contribution in [0.5, 0.6) is 0 Å². The Morgan fingerprint density at radius 1 is 1.26 bits per heavy atom. The molecule has 19 heavy (non-hydrogen) atoms. The van der Waals surface area contributed by atoms with Gasteiger partial charge >= 0.3 is 0 Å². The van der Waals surface area contributed by atoms with Gasteiger partial charge in [0.25, 0.3) is 0 Å². The number of aryl methyl sites for hydroxylation is 2. The molecule has 0 spiro atoms. The topological polar surface area (TPSA) is 93.8 Å². The lowest BCUT2D eigenvalue weighted by molar-refractivity contribution is -0.129. The highest BCUT2D eigenvalue weighted by Gasteiger charge is 2.43. The monoisotopic (exact) mass is 263 g/mol. The number of nitrogens with two attached hydrogens (primary N) is 1. The third kappa shape index (κ3) is 2.58. The Labute approximate surface area is 113 Å². The van der Waals surface area contributed by atoms with Gasteiger partial charge in [0.2, 0.25) is 11.9 Å². The molecule has 1 aromatic rings. The lowest BCUT2D eigenvalue weighted by atomic mass is 9.68. The molecule has 0 saturated heterocycles. The van der Waals surface area contributed by atoms with Gasteiger partial charge in [-0.3, -0.25) is 10.1 Å². The Kier molecular flexibility index (Phi) is 4.09. The summed E-state index contributed by atoms with van der Waals surface area (Å²) < 4.78 is 0. The maximum Gasteiger partial charge on any atom is 0.249 e. The van der Waals surface area contributed by atoms with Crippen molar-refractivity contribution in [3.8, 4) is 0 Å². The zero-order valence-electron chi connectivity index (χ0n) is 11.6. The van der Waals surface area contributed by atoms with E-state index in [9.17, 15) is 4.79 Å². The van der Waals surface area contributed by atoms with Crippen LogP contribution in [-0.2, 0) is 17.6 Å².